The van der Waals surface area contributed by atoms with Gasteiger partial charge in [0, 0.05) is 18.4 Å². The number of aliphatic hydroxyl groups is 1. The van der Waals surface area contributed by atoms with Crippen LogP contribution in [0.25, 0.3) is 0 Å². The topological polar surface area (TPSA) is 46.5 Å². The minimum Gasteiger partial charge on any atom is -0.466 e. The Labute approximate surface area is 90.4 Å². The van der Waals surface area contributed by atoms with Crippen molar-refractivity contribution >= 4 is 5.97 Å². The molecule has 0 saturated heterocycles. The number of methoxy groups -OCH3 is 1. The Morgan fingerprint density at radius 3 is 2.33 bits per heavy atom. The molecule has 0 amide bonds. The van der Waals surface area contributed by atoms with Gasteiger partial charge in [-0.3, -0.25) is 0 Å². The molecule has 0 atom stereocenters. The molecule has 0 aromatic rings. The highest BCUT2D eigenvalue weighted by molar-refractivity contribution is 5.89. The first-order chi connectivity index (χ1) is 6.88. The lowest BCUT2D eigenvalue weighted by Crippen LogP contribution is -2.38. The summed E-state index contributed by atoms with van der Waals surface area (Å²) in [6.45, 7) is 5.64. The maximum atomic E-state index is 11.2. The number of hydrogen-bond donors (Lipinski definition) is 1. The number of allylic oxidation sites excluding steroid dienone is 1. The van der Waals surface area contributed by atoms with E-state index in [1.165, 1.54) is 7.11 Å². The molecule has 0 aliphatic heterocycles. The molecule has 1 fully saturated rings. The van der Waals surface area contributed by atoms with E-state index in [4.69, 9.17) is 0 Å². The molecule has 1 aliphatic carbocycles. The number of carbonyl (C=O) groups excluding carboxylic acids is 1. The summed E-state index contributed by atoms with van der Waals surface area (Å²) in [6, 6.07) is 0. The van der Waals surface area contributed by atoms with Crippen molar-refractivity contribution in [1.82, 2.24) is 0 Å². The Morgan fingerprint density at radius 1 is 1.40 bits per heavy atom. The Balaban J connectivity index is 2.71. The van der Waals surface area contributed by atoms with Crippen LogP contribution in [0.2, 0.25) is 0 Å². The first-order valence-electron chi connectivity index (χ1n) is 5.03. The number of esters is 1. The Bertz CT molecular complexity index is 325. The highest BCUT2D eigenvalue weighted by Gasteiger charge is 2.38. The monoisotopic (exact) mass is 210 g/mol. The fourth-order valence-corrected chi connectivity index (χ4v) is 1.89. The Hall–Kier alpha value is -1.09. The van der Waals surface area contributed by atoms with Crippen molar-refractivity contribution in [3.63, 3.8) is 0 Å². The molecule has 0 unspecified atom stereocenters. The van der Waals surface area contributed by atoms with Gasteiger partial charge in [-0.25, -0.2) is 4.79 Å². The number of ether oxygens (including phenoxy) is 1. The van der Waals surface area contributed by atoms with Crippen molar-refractivity contribution in [2.24, 2.45) is 0 Å². The molecule has 1 N–H and O–H groups in total. The van der Waals surface area contributed by atoms with E-state index in [0.29, 0.717) is 18.4 Å². The summed E-state index contributed by atoms with van der Waals surface area (Å²) in [7, 11) is 1.37. The molecule has 15 heavy (non-hydrogen) atoms. The lowest BCUT2D eigenvalue weighted by Gasteiger charge is -2.38. The summed E-state index contributed by atoms with van der Waals surface area (Å²) in [5.41, 5.74) is 1.96. The average molecular weight is 210 g/mol. The lowest BCUT2D eigenvalue weighted by atomic mass is 9.73. The smallest absolute Gasteiger partial charge is 0.333 e. The zero-order valence-corrected chi connectivity index (χ0v) is 9.76. The van der Waals surface area contributed by atoms with Crippen molar-refractivity contribution in [3.05, 3.63) is 22.8 Å². The van der Waals surface area contributed by atoms with E-state index in [9.17, 15) is 9.90 Å². The first kappa shape index (κ1) is 12.0. The van der Waals surface area contributed by atoms with Crippen LogP contribution in [-0.2, 0) is 9.53 Å². The minimum absolute atomic E-state index is 0.302. The fourth-order valence-electron chi connectivity index (χ4n) is 1.89. The van der Waals surface area contributed by atoms with Gasteiger partial charge < -0.3 is 9.84 Å². The maximum Gasteiger partial charge on any atom is 0.333 e. The normalized spacial score (nSPS) is 24.2. The molecule has 1 aliphatic rings. The summed E-state index contributed by atoms with van der Waals surface area (Å²) in [5, 5.41) is 9.99. The van der Waals surface area contributed by atoms with Crippen LogP contribution in [0.3, 0.4) is 0 Å². The van der Waals surface area contributed by atoms with E-state index in [1.54, 1.807) is 6.92 Å². The number of carbonyl (C=O) groups is 1. The molecule has 84 valence electrons. The summed E-state index contributed by atoms with van der Waals surface area (Å²) >= 11 is 0. The highest BCUT2D eigenvalue weighted by atomic mass is 16.5. The third-order valence-corrected chi connectivity index (χ3v) is 2.62. The van der Waals surface area contributed by atoms with E-state index in [2.05, 4.69) is 4.74 Å². The number of hydrogen-bond acceptors (Lipinski definition) is 3. The van der Waals surface area contributed by atoms with E-state index < -0.39 is 5.60 Å². The van der Waals surface area contributed by atoms with Crippen LogP contribution in [0.5, 0.6) is 0 Å². The average Bonchev–Trinajstić information content (AvgIpc) is 2.10. The van der Waals surface area contributed by atoms with Gasteiger partial charge in [0.15, 0.2) is 0 Å². The van der Waals surface area contributed by atoms with Crippen molar-refractivity contribution in [1.29, 1.82) is 0 Å². The van der Waals surface area contributed by atoms with E-state index in [0.717, 1.165) is 11.1 Å². The van der Waals surface area contributed by atoms with Gasteiger partial charge in [0.2, 0.25) is 0 Å². The highest BCUT2D eigenvalue weighted by Crippen LogP contribution is 2.40. The zero-order chi connectivity index (χ0) is 11.6. The van der Waals surface area contributed by atoms with E-state index >= 15 is 0 Å². The molecule has 0 aromatic carbocycles. The van der Waals surface area contributed by atoms with Crippen molar-refractivity contribution in [3.8, 4) is 0 Å². The molecule has 0 radical (unpaired) electrons. The van der Waals surface area contributed by atoms with Crippen LogP contribution in [-0.4, -0.2) is 23.8 Å². The summed E-state index contributed by atoms with van der Waals surface area (Å²) in [4.78, 5) is 11.2. The molecule has 0 bridgehead atoms. The Morgan fingerprint density at radius 2 is 1.93 bits per heavy atom. The molecule has 3 heteroatoms. The van der Waals surface area contributed by atoms with Gasteiger partial charge in [-0.2, -0.15) is 0 Å². The summed E-state index contributed by atoms with van der Waals surface area (Å²) < 4.78 is 4.62. The predicted octanol–water partition coefficient (Wildman–Crippen LogP) is 1.97. The standard InChI is InChI=1S/C12H18O3/c1-8(2)5-12(14)6-10(7-12)9(3)11(13)15-4/h5,14H,6-7H2,1-4H3. The first-order valence-corrected chi connectivity index (χ1v) is 5.03. The molecule has 0 heterocycles. The van der Waals surface area contributed by atoms with Gasteiger partial charge in [-0.1, -0.05) is 17.2 Å². The Kier molecular flexibility index (Phi) is 3.35. The fraction of sp³-hybridized carbons (Fsp3) is 0.583. The minimum atomic E-state index is -0.747. The van der Waals surface area contributed by atoms with Gasteiger partial charge in [0.1, 0.15) is 0 Å². The van der Waals surface area contributed by atoms with Crippen LogP contribution < -0.4 is 0 Å². The largest absolute Gasteiger partial charge is 0.466 e. The summed E-state index contributed by atoms with van der Waals surface area (Å²) in [5.74, 6) is -0.302. The van der Waals surface area contributed by atoms with Crippen LogP contribution in [0, 0.1) is 0 Å². The van der Waals surface area contributed by atoms with Gasteiger partial charge in [-0.15, -0.1) is 0 Å². The SMILES string of the molecule is COC(=O)C(C)=C1CC(O)(C=C(C)C)C1. The number of rotatable bonds is 2. The third-order valence-electron chi connectivity index (χ3n) is 2.62. The molecule has 1 rings (SSSR count). The van der Waals surface area contributed by atoms with Gasteiger partial charge in [-0.05, 0) is 20.8 Å². The van der Waals surface area contributed by atoms with Crippen molar-refractivity contribution in [2.75, 3.05) is 7.11 Å². The molecule has 1 saturated carbocycles. The van der Waals surface area contributed by atoms with Gasteiger partial charge >= 0.3 is 5.97 Å². The maximum absolute atomic E-state index is 11.2. The molecular formula is C12H18O3. The molecule has 0 aromatic heterocycles. The third kappa shape index (κ3) is 2.69. The second kappa shape index (κ2) is 4.19. The van der Waals surface area contributed by atoms with E-state index in [-0.39, 0.29) is 5.97 Å². The molecular weight excluding hydrogens is 192 g/mol. The quantitative estimate of drug-likeness (QED) is 0.430. The van der Waals surface area contributed by atoms with Crippen LogP contribution in [0.4, 0.5) is 0 Å². The predicted molar refractivity (Wildman–Crippen MR) is 58.3 cm³/mol. The lowest BCUT2D eigenvalue weighted by molar-refractivity contribution is -0.136. The van der Waals surface area contributed by atoms with Gasteiger partial charge in [0.05, 0.1) is 12.7 Å². The molecule has 3 nitrogen and oxygen atoms in total. The van der Waals surface area contributed by atoms with Crippen molar-refractivity contribution < 1.29 is 14.6 Å². The van der Waals surface area contributed by atoms with Crippen LogP contribution in [0.1, 0.15) is 33.6 Å². The molecule has 0 spiro atoms. The second-order valence-electron chi connectivity index (χ2n) is 4.40. The van der Waals surface area contributed by atoms with Crippen LogP contribution >= 0.6 is 0 Å². The summed E-state index contributed by atoms with van der Waals surface area (Å²) in [6.07, 6.45) is 2.93. The zero-order valence-electron chi connectivity index (χ0n) is 9.76. The van der Waals surface area contributed by atoms with Crippen molar-refractivity contribution in [2.45, 2.75) is 39.2 Å². The van der Waals surface area contributed by atoms with Gasteiger partial charge in [0.25, 0.3) is 0 Å². The van der Waals surface area contributed by atoms with E-state index in [1.807, 2.05) is 19.9 Å². The van der Waals surface area contributed by atoms with Crippen LogP contribution in [0.15, 0.2) is 22.8 Å². The second-order valence-corrected chi connectivity index (χ2v) is 4.40.